The van der Waals surface area contributed by atoms with Crippen LogP contribution in [0, 0.1) is 0 Å². The highest BCUT2D eigenvalue weighted by Crippen LogP contribution is 2.31. The number of pyridine rings is 1. The third-order valence-corrected chi connectivity index (χ3v) is 3.77. The number of hydrogen-bond acceptors (Lipinski definition) is 5. The first-order chi connectivity index (χ1) is 11.5. The molecule has 0 aliphatic heterocycles. The van der Waals surface area contributed by atoms with Crippen molar-refractivity contribution in [2.45, 2.75) is 13.0 Å². The maximum absolute atomic E-state index is 11.7. The molecule has 5 nitrogen and oxygen atoms in total. The molecule has 1 aromatic carbocycles. The number of carbonyl (C=O) groups excluding carboxylic acids is 1. The lowest BCUT2D eigenvalue weighted by Gasteiger charge is -2.15. The number of aliphatic hydroxyl groups excluding tert-OH is 1. The zero-order valence-corrected chi connectivity index (χ0v) is 14.2. The van der Waals surface area contributed by atoms with Crippen LogP contribution in [-0.4, -0.2) is 29.8 Å². The summed E-state index contributed by atoms with van der Waals surface area (Å²) in [5.41, 5.74) is 1.82. The van der Waals surface area contributed by atoms with Crippen molar-refractivity contribution in [1.82, 2.24) is 4.98 Å². The number of rotatable bonds is 6. The summed E-state index contributed by atoms with van der Waals surface area (Å²) in [5, 5.41) is 10.5. The van der Waals surface area contributed by atoms with E-state index < -0.39 is 12.1 Å². The molecule has 0 saturated heterocycles. The monoisotopic (exact) mass is 347 g/mol. The van der Waals surface area contributed by atoms with Gasteiger partial charge < -0.3 is 14.6 Å². The van der Waals surface area contributed by atoms with Crippen molar-refractivity contribution >= 4 is 17.6 Å². The van der Waals surface area contributed by atoms with Crippen molar-refractivity contribution in [3.63, 3.8) is 0 Å². The molecule has 126 valence electrons. The predicted molar refractivity (Wildman–Crippen MR) is 92.0 cm³/mol. The lowest BCUT2D eigenvalue weighted by molar-refractivity contribution is -0.139. The second-order valence-corrected chi connectivity index (χ2v) is 5.34. The summed E-state index contributed by atoms with van der Waals surface area (Å²) in [6.07, 6.45) is 0.301. The SMILES string of the molecule is C=C(C(=O)OCC)C(O)c1cc(-c2ccc(OC)cc2)cnc1Cl. The maximum atomic E-state index is 11.7. The van der Waals surface area contributed by atoms with Crippen molar-refractivity contribution in [2.24, 2.45) is 0 Å². The van der Waals surface area contributed by atoms with E-state index in [1.807, 2.05) is 24.3 Å². The van der Waals surface area contributed by atoms with Gasteiger partial charge in [0, 0.05) is 17.3 Å². The van der Waals surface area contributed by atoms with Crippen LogP contribution in [0.5, 0.6) is 5.75 Å². The van der Waals surface area contributed by atoms with Crippen molar-refractivity contribution in [1.29, 1.82) is 0 Å². The van der Waals surface area contributed by atoms with Crippen LogP contribution in [0.2, 0.25) is 5.15 Å². The molecule has 0 bridgehead atoms. The minimum Gasteiger partial charge on any atom is -0.497 e. The summed E-state index contributed by atoms with van der Waals surface area (Å²) in [6, 6.07) is 9.03. The van der Waals surface area contributed by atoms with Gasteiger partial charge in [-0.3, -0.25) is 0 Å². The Labute approximate surface area is 145 Å². The molecule has 0 amide bonds. The van der Waals surface area contributed by atoms with Gasteiger partial charge in [0.25, 0.3) is 0 Å². The van der Waals surface area contributed by atoms with Crippen LogP contribution in [0.15, 0.2) is 48.7 Å². The molecule has 1 unspecified atom stereocenters. The zero-order valence-electron chi connectivity index (χ0n) is 13.5. The largest absolute Gasteiger partial charge is 0.497 e. The van der Waals surface area contributed by atoms with Gasteiger partial charge in [-0.25, -0.2) is 9.78 Å². The number of esters is 1. The van der Waals surface area contributed by atoms with E-state index in [0.29, 0.717) is 5.56 Å². The molecule has 2 aromatic rings. The fourth-order valence-electron chi connectivity index (χ4n) is 2.12. The molecule has 24 heavy (non-hydrogen) atoms. The predicted octanol–water partition coefficient (Wildman–Crippen LogP) is 3.56. The Balaban J connectivity index is 2.33. The summed E-state index contributed by atoms with van der Waals surface area (Å²) in [5.74, 6) is 0.0625. The molecule has 1 N–H and O–H groups in total. The first-order valence-corrected chi connectivity index (χ1v) is 7.69. The Morgan fingerprint density at radius 2 is 2.00 bits per heavy atom. The van der Waals surface area contributed by atoms with Crippen LogP contribution in [-0.2, 0) is 9.53 Å². The van der Waals surface area contributed by atoms with Crippen LogP contribution < -0.4 is 4.74 Å². The van der Waals surface area contributed by atoms with Crippen molar-refractivity contribution in [2.75, 3.05) is 13.7 Å². The number of nitrogens with zero attached hydrogens (tertiary/aromatic N) is 1. The van der Waals surface area contributed by atoms with Crippen molar-refractivity contribution in [3.8, 4) is 16.9 Å². The normalized spacial score (nSPS) is 11.7. The van der Waals surface area contributed by atoms with E-state index in [1.165, 1.54) is 0 Å². The minimum atomic E-state index is -1.29. The van der Waals surface area contributed by atoms with Gasteiger partial charge in [0.2, 0.25) is 0 Å². The quantitative estimate of drug-likeness (QED) is 0.491. The average Bonchev–Trinajstić information content (AvgIpc) is 2.61. The van der Waals surface area contributed by atoms with E-state index >= 15 is 0 Å². The van der Waals surface area contributed by atoms with Gasteiger partial charge in [-0.15, -0.1) is 0 Å². The first-order valence-electron chi connectivity index (χ1n) is 7.31. The highest BCUT2D eigenvalue weighted by atomic mass is 35.5. The first kappa shape index (κ1) is 18.0. The number of hydrogen-bond donors (Lipinski definition) is 1. The van der Waals surface area contributed by atoms with Crippen molar-refractivity contribution in [3.05, 3.63) is 59.4 Å². The maximum Gasteiger partial charge on any atom is 0.336 e. The van der Waals surface area contributed by atoms with Crippen LogP contribution in [0.4, 0.5) is 0 Å². The molecule has 6 heteroatoms. The fourth-order valence-corrected chi connectivity index (χ4v) is 2.33. The summed E-state index contributed by atoms with van der Waals surface area (Å²) >= 11 is 6.07. The van der Waals surface area contributed by atoms with Crippen LogP contribution >= 0.6 is 11.6 Å². The molecule has 0 aliphatic carbocycles. The van der Waals surface area contributed by atoms with E-state index in [0.717, 1.165) is 16.9 Å². The standard InChI is InChI=1S/C18H18ClNO4/c1-4-24-18(22)11(2)16(21)15-9-13(10-20-17(15)19)12-5-7-14(23-3)8-6-12/h5-10,16,21H,2,4H2,1,3H3. The lowest BCUT2D eigenvalue weighted by Crippen LogP contribution is -2.14. The van der Waals surface area contributed by atoms with E-state index in [-0.39, 0.29) is 17.3 Å². The second kappa shape index (κ2) is 7.95. The number of aromatic nitrogens is 1. The lowest BCUT2D eigenvalue weighted by atomic mass is 10.00. The molecule has 0 saturated carbocycles. The summed E-state index contributed by atoms with van der Waals surface area (Å²) in [6.45, 7) is 5.46. The number of carbonyl (C=O) groups is 1. The molecular formula is C18H18ClNO4. The van der Waals surface area contributed by atoms with E-state index in [4.69, 9.17) is 21.1 Å². The Kier molecular flexibility index (Phi) is 5.95. The number of halogens is 1. The molecule has 1 atom stereocenters. The average molecular weight is 348 g/mol. The molecule has 0 spiro atoms. The number of aliphatic hydroxyl groups is 1. The van der Waals surface area contributed by atoms with E-state index in [9.17, 15) is 9.90 Å². The van der Waals surface area contributed by atoms with Gasteiger partial charge >= 0.3 is 5.97 Å². The molecule has 0 fully saturated rings. The topological polar surface area (TPSA) is 68.7 Å². The highest BCUT2D eigenvalue weighted by molar-refractivity contribution is 6.30. The highest BCUT2D eigenvalue weighted by Gasteiger charge is 2.22. The van der Waals surface area contributed by atoms with Gasteiger partial charge in [-0.1, -0.05) is 30.3 Å². The van der Waals surface area contributed by atoms with Gasteiger partial charge in [0.15, 0.2) is 0 Å². The van der Waals surface area contributed by atoms with Crippen LogP contribution in [0.3, 0.4) is 0 Å². The minimum absolute atomic E-state index is 0.0903. The third-order valence-electron chi connectivity index (χ3n) is 3.45. The molecule has 0 aliphatic rings. The fraction of sp³-hybridized carbons (Fsp3) is 0.222. The van der Waals surface area contributed by atoms with Gasteiger partial charge in [0.05, 0.1) is 19.3 Å². The van der Waals surface area contributed by atoms with Crippen molar-refractivity contribution < 1.29 is 19.4 Å². The molecule has 0 radical (unpaired) electrons. The Hall–Kier alpha value is -2.37. The van der Waals surface area contributed by atoms with Crippen LogP contribution in [0.25, 0.3) is 11.1 Å². The molecule has 1 heterocycles. The zero-order chi connectivity index (χ0) is 17.7. The second-order valence-electron chi connectivity index (χ2n) is 4.98. The van der Waals surface area contributed by atoms with Gasteiger partial charge in [-0.05, 0) is 30.7 Å². The van der Waals surface area contributed by atoms with E-state index in [1.54, 1.807) is 26.3 Å². The third kappa shape index (κ3) is 3.93. The van der Waals surface area contributed by atoms with E-state index in [2.05, 4.69) is 11.6 Å². The molecule has 1 aromatic heterocycles. The number of benzene rings is 1. The molecular weight excluding hydrogens is 330 g/mol. The Bertz CT molecular complexity index is 743. The number of ether oxygens (including phenoxy) is 2. The van der Waals surface area contributed by atoms with Gasteiger partial charge in [-0.2, -0.15) is 0 Å². The van der Waals surface area contributed by atoms with Gasteiger partial charge in [0.1, 0.15) is 17.0 Å². The Morgan fingerprint density at radius 1 is 1.33 bits per heavy atom. The smallest absolute Gasteiger partial charge is 0.336 e. The number of methoxy groups -OCH3 is 1. The summed E-state index contributed by atoms with van der Waals surface area (Å²) < 4.78 is 9.98. The van der Waals surface area contributed by atoms with Crippen LogP contribution in [0.1, 0.15) is 18.6 Å². The Morgan fingerprint density at radius 3 is 2.58 bits per heavy atom. The summed E-state index contributed by atoms with van der Waals surface area (Å²) in [7, 11) is 1.59. The summed E-state index contributed by atoms with van der Waals surface area (Å²) in [4.78, 5) is 15.8. The molecule has 2 rings (SSSR count).